The molecule has 0 N–H and O–H groups in total. The first-order valence-corrected chi connectivity index (χ1v) is 11.0. The molecule has 4 rings (SSSR count). The van der Waals surface area contributed by atoms with Crippen molar-refractivity contribution in [2.45, 2.75) is 13.0 Å². The van der Waals surface area contributed by atoms with Crippen molar-refractivity contribution in [2.24, 2.45) is 0 Å². The standard InChI is InChI=1S/C25H19ClN6O3/c26-21-6-1-2-7-23(21)31-24(15-22(29-31)19-8-10-20(11-9-19)32(34)35)25(33)30(14-4-12-27)17-18-5-3-13-28-16-18/h1-3,5-11,13,15-16H,4,14,17H2. The van der Waals surface area contributed by atoms with Gasteiger partial charge in [0.1, 0.15) is 5.69 Å². The monoisotopic (exact) mass is 486 g/mol. The number of para-hydroxylation sites is 1. The minimum atomic E-state index is -0.480. The van der Waals surface area contributed by atoms with E-state index in [1.807, 2.05) is 6.07 Å². The molecule has 2 aromatic carbocycles. The molecule has 0 atom stereocenters. The maximum absolute atomic E-state index is 13.8. The molecule has 0 saturated heterocycles. The molecule has 0 fully saturated rings. The normalized spacial score (nSPS) is 10.5. The van der Waals surface area contributed by atoms with E-state index in [0.717, 1.165) is 5.56 Å². The van der Waals surface area contributed by atoms with Gasteiger partial charge in [0.15, 0.2) is 0 Å². The quantitative estimate of drug-likeness (QED) is 0.254. The fraction of sp³-hybridized carbons (Fsp3) is 0.120. The van der Waals surface area contributed by atoms with E-state index in [9.17, 15) is 14.9 Å². The lowest BCUT2D eigenvalue weighted by atomic mass is 10.1. The summed E-state index contributed by atoms with van der Waals surface area (Å²) in [6, 6.07) is 20.3. The van der Waals surface area contributed by atoms with Gasteiger partial charge in [-0.15, -0.1) is 0 Å². The molecule has 1 amide bonds. The zero-order valence-corrected chi connectivity index (χ0v) is 19.2. The lowest BCUT2D eigenvalue weighted by Crippen LogP contribution is -2.33. The number of carbonyl (C=O) groups is 1. The fourth-order valence-electron chi connectivity index (χ4n) is 3.55. The number of aromatic nitrogens is 3. The number of rotatable bonds is 8. The van der Waals surface area contributed by atoms with Crippen molar-refractivity contribution >= 4 is 23.2 Å². The Hall–Kier alpha value is -4.55. The highest BCUT2D eigenvalue weighted by Gasteiger charge is 2.24. The van der Waals surface area contributed by atoms with Gasteiger partial charge in [-0.3, -0.25) is 19.9 Å². The molecule has 174 valence electrons. The van der Waals surface area contributed by atoms with Gasteiger partial charge >= 0.3 is 0 Å². The second kappa shape index (κ2) is 10.6. The number of halogens is 1. The van der Waals surface area contributed by atoms with E-state index < -0.39 is 4.92 Å². The molecular weight excluding hydrogens is 468 g/mol. The Morgan fingerprint density at radius 3 is 2.57 bits per heavy atom. The molecule has 0 radical (unpaired) electrons. The van der Waals surface area contributed by atoms with Crippen molar-refractivity contribution in [3.63, 3.8) is 0 Å². The van der Waals surface area contributed by atoms with Crippen LogP contribution in [0.1, 0.15) is 22.5 Å². The minimum absolute atomic E-state index is 0.0465. The molecular formula is C25H19ClN6O3. The Morgan fingerprint density at radius 1 is 1.14 bits per heavy atom. The van der Waals surface area contributed by atoms with Crippen LogP contribution in [0.15, 0.2) is 79.1 Å². The number of amides is 1. The Labute approximate surface area is 206 Å². The summed E-state index contributed by atoms with van der Waals surface area (Å²) in [5, 5.41) is 25.2. The number of carbonyl (C=O) groups excluding carboxylic acids is 1. The molecule has 0 aliphatic heterocycles. The van der Waals surface area contributed by atoms with Crippen molar-refractivity contribution in [1.82, 2.24) is 19.7 Å². The van der Waals surface area contributed by atoms with Crippen LogP contribution in [0.25, 0.3) is 16.9 Å². The zero-order chi connectivity index (χ0) is 24.8. The molecule has 9 nitrogen and oxygen atoms in total. The first-order chi connectivity index (χ1) is 17.0. The predicted molar refractivity (Wildman–Crippen MR) is 130 cm³/mol. The fourth-order valence-corrected chi connectivity index (χ4v) is 3.76. The molecule has 2 heterocycles. The van der Waals surface area contributed by atoms with E-state index in [4.69, 9.17) is 16.9 Å². The summed E-state index contributed by atoms with van der Waals surface area (Å²) in [6.07, 6.45) is 3.47. The van der Waals surface area contributed by atoms with Crippen LogP contribution in [0.3, 0.4) is 0 Å². The minimum Gasteiger partial charge on any atom is -0.332 e. The van der Waals surface area contributed by atoms with E-state index in [2.05, 4.69) is 16.2 Å². The number of nitrogens with zero attached hydrogens (tertiary/aromatic N) is 6. The van der Waals surface area contributed by atoms with E-state index >= 15 is 0 Å². The predicted octanol–water partition coefficient (Wildman–Crippen LogP) is 5.05. The van der Waals surface area contributed by atoms with Crippen molar-refractivity contribution in [2.75, 3.05) is 6.54 Å². The second-order valence-electron chi connectivity index (χ2n) is 7.58. The highest BCUT2D eigenvalue weighted by Crippen LogP contribution is 2.28. The van der Waals surface area contributed by atoms with Gasteiger partial charge in [0, 0.05) is 43.2 Å². The lowest BCUT2D eigenvalue weighted by molar-refractivity contribution is -0.384. The van der Waals surface area contributed by atoms with Crippen LogP contribution in [0, 0.1) is 21.4 Å². The topological polar surface area (TPSA) is 118 Å². The maximum Gasteiger partial charge on any atom is 0.272 e. The van der Waals surface area contributed by atoms with Crippen LogP contribution >= 0.6 is 11.6 Å². The van der Waals surface area contributed by atoms with E-state index in [0.29, 0.717) is 22.0 Å². The number of nitro groups is 1. The lowest BCUT2D eigenvalue weighted by Gasteiger charge is -2.22. The first-order valence-electron chi connectivity index (χ1n) is 10.6. The third-order valence-electron chi connectivity index (χ3n) is 5.26. The molecule has 0 aliphatic rings. The number of nitro benzene ring substituents is 1. The van der Waals surface area contributed by atoms with Gasteiger partial charge in [0.05, 0.1) is 33.8 Å². The van der Waals surface area contributed by atoms with E-state index in [-0.39, 0.29) is 36.8 Å². The number of hydrogen-bond donors (Lipinski definition) is 0. The van der Waals surface area contributed by atoms with Crippen LogP contribution in [-0.2, 0) is 6.54 Å². The molecule has 0 spiro atoms. The van der Waals surface area contributed by atoms with E-state index in [1.54, 1.807) is 65.8 Å². The SMILES string of the molecule is N#CCCN(Cc1cccnc1)C(=O)c1cc(-c2ccc([N+](=O)[O-])cc2)nn1-c1ccccc1Cl. The van der Waals surface area contributed by atoms with Crippen LogP contribution < -0.4 is 0 Å². The summed E-state index contributed by atoms with van der Waals surface area (Å²) < 4.78 is 1.46. The first kappa shape index (κ1) is 23.6. The average Bonchev–Trinajstić information content (AvgIpc) is 3.32. The molecule has 2 aromatic heterocycles. The second-order valence-corrected chi connectivity index (χ2v) is 7.99. The number of nitriles is 1. The summed E-state index contributed by atoms with van der Waals surface area (Å²) in [5.41, 5.74) is 2.57. The Morgan fingerprint density at radius 2 is 1.91 bits per heavy atom. The molecule has 0 bridgehead atoms. The zero-order valence-electron chi connectivity index (χ0n) is 18.4. The Balaban J connectivity index is 1.79. The molecule has 35 heavy (non-hydrogen) atoms. The molecule has 0 aliphatic carbocycles. The van der Waals surface area contributed by atoms with Crippen molar-refractivity contribution in [1.29, 1.82) is 5.26 Å². The summed E-state index contributed by atoms with van der Waals surface area (Å²) in [6.45, 7) is 0.472. The number of non-ortho nitro benzene ring substituents is 1. The maximum atomic E-state index is 13.8. The van der Waals surface area contributed by atoms with Crippen LogP contribution in [0.2, 0.25) is 5.02 Å². The molecule has 4 aromatic rings. The number of benzene rings is 2. The third-order valence-corrected chi connectivity index (χ3v) is 5.58. The van der Waals surface area contributed by atoms with Gasteiger partial charge < -0.3 is 4.90 Å². The van der Waals surface area contributed by atoms with Gasteiger partial charge in [-0.1, -0.05) is 29.8 Å². The number of hydrogen-bond acceptors (Lipinski definition) is 6. The largest absolute Gasteiger partial charge is 0.332 e. The summed E-state index contributed by atoms with van der Waals surface area (Å²) >= 11 is 6.43. The molecule has 10 heteroatoms. The molecule has 0 saturated carbocycles. The Kier molecular flexibility index (Phi) is 7.14. The van der Waals surface area contributed by atoms with Crippen LogP contribution in [0.5, 0.6) is 0 Å². The van der Waals surface area contributed by atoms with Gasteiger partial charge in [-0.05, 0) is 42.0 Å². The summed E-state index contributed by atoms with van der Waals surface area (Å²) in [7, 11) is 0. The highest BCUT2D eigenvalue weighted by atomic mass is 35.5. The third kappa shape index (κ3) is 5.34. The highest BCUT2D eigenvalue weighted by molar-refractivity contribution is 6.32. The summed E-state index contributed by atoms with van der Waals surface area (Å²) in [5.74, 6) is -0.343. The van der Waals surface area contributed by atoms with Gasteiger partial charge in [0.2, 0.25) is 0 Å². The average molecular weight is 487 g/mol. The smallest absolute Gasteiger partial charge is 0.272 e. The van der Waals surface area contributed by atoms with Gasteiger partial charge in [-0.2, -0.15) is 10.4 Å². The molecule has 0 unspecified atom stereocenters. The van der Waals surface area contributed by atoms with E-state index in [1.165, 1.54) is 16.8 Å². The Bertz CT molecular complexity index is 1400. The number of pyridine rings is 1. The van der Waals surface area contributed by atoms with Crippen molar-refractivity contribution in [3.05, 3.63) is 106 Å². The van der Waals surface area contributed by atoms with Gasteiger partial charge in [0.25, 0.3) is 11.6 Å². The van der Waals surface area contributed by atoms with Gasteiger partial charge in [-0.25, -0.2) is 4.68 Å². The van der Waals surface area contributed by atoms with Crippen molar-refractivity contribution < 1.29 is 9.72 Å². The van der Waals surface area contributed by atoms with Crippen LogP contribution in [0.4, 0.5) is 5.69 Å². The summed E-state index contributed by atoms with van der Waals surface area (Å²) in [4.78, 5) is 30.0. The van der Waals surface area contributed by atoms with Crippen LogP contribution in [-0.4, -0.2) is 37.0 Å². The van der Waals surface area contributed by atoms with Crippen molar-refractivity contribution in [3.8, 4) is 23.0 Å².